The van der Waals surface area contributed by atoms with Gasteiger partial charge in [-0.25, -0.2) is 0 Å². The van der Waals surface area contributed by atoms with Gasteiger partial charge < -0.3 is 15.9 Å². The van der Waals surface area contributed by atoms with Gasteiger partial charge in [-0.3, -0.25) is 4.68 Å². The van der Waals surface area contributed by atoms with Crippen LogP contribution in [0.15, 0.2) is 12.4 Å². The topological polar surface area (TPSA) is 84.3 Å². The maximum atomic E-state index is 9.63. The number of aromatic nitrogens is 2. The second-order valence-electron chi connectivity index (χ2n) is 3.33. The van der Waals surface area contributed by atoms with E-state index in [1.54, 1.807) is 17.1 Å². The smallest absolute Gasteiger partial charge is 0.0993 e. The molecule has 0 saturated carbocycles. The summed E-state index contributed by atoms with van der Waals surface area (Å²) in [6, 6.07) is -0.644. The van der Waals surface area contributed by atoms with E-state index in [1.807, 2.05) is 0 Å². The molecule has 80 valence electrons. The normalized spacial score (nSPS) is 15.4. The predicted molar refractivity (Wildman–Crippen MR) is 52.5 cm³/mol. The van der Waals surface area contributed by atoms with Crippen molar-refractivity contribution < 1.29 is 10.2 Å². The summed E-state index contributed by atoms with van der Waals surface area (Å²) in [5.74, 6) is 0. The van der Waals surface area contributed by atoms with Gasteiger partial charge in [0.25, 0.3) is 0 Å². The van der Waals surface area contributed by atoms with E-state index in [9.17, 15) is 5.11 Å². The maximum Gasteiger partial charge on any atom is 0.0993 e. The van der Waals surface area contributed by atoms with Gasteiger partial charge in [0.2, 0.25) is 0 Å². The summed E-state index contributed by atoms with van der Waals surface area (Å²) in [5.41, 5.74) is 6.15. The molecule has 0 aliphatic rings. The minimum absolute atomic E-state index is 0.236. The second-order valence-corrected chi connectivity index (χ2v) is 3.33. The van der Waals surface area contributed by atoms with Crippen molar-refractivity contribution >= 4 is 0 Å². The molecule has 4 N–H and O–H groups in total. The molecule has 2 unspecified atom stereocenters. The van der Waals surface area contributed by atoms with Gasteiger partial charge in [-0.1, -0.05) is 6.92 Å². The molecule has 14 heavy (non-hydrogen) atoms. The summed E-state index contributed by atoms with van der Waals surface area (Å²) < 4.78 is 1.75. The van der Waals surface area contributed by atoms with Crippen LogP contribution in [0.25, 0.3) is 0 Å². The molecule has 0 radical (unpaired) electrons. The van der Waals surface area contributed by atoms with Crippen LogP contribution in [0.1, 0.15) is 25.0 Å². The Morgan fingerprint density at radius 2 is 2.36 bits per heavy atom. The standard InChI is InChI=1S/C9H17N3O2/c1-2-3-12-5-7(4-11-12)9(14)8(10)6-13/h4-5,8-9,13-14H,2-3,6,10H2,1H3. The highest BCUT2D eigenvalue weighted by molar-refractivity contribution is 5.10. The van der Waals surface area contributed by atoms with Gasteiger partial charge in [-0.2, -0.15) is 5.10 Å². The van der Waals surface area contributed by atoms with Crippen LogP contribution in [0.5, 0.6) is 0 Å². The largest absolute Gasteiger partial charge is 0.395 e. The molecule has 0 aliphatic carbocycles. The van der Waals surface area contributed by atoms with E-state index in [1.165, 1.54) is 0 Å². The third-order valence-corrected chi connectivity index (χ3v) is 2.06. The number of nitrogens with two attached hydrogens (primary N) is 1. The summed E-state index contributed by atoms with van der Waals surface area (Å²) >= 11 is 0. The number of aliphatic hydroxyl groups is 2. The molecule has 0 fully saturated rings. The first-order valence-electron chi connectivity index (χ1n) is 4.76. The van der Waals surface area contributed by atoms with Crippen molar-refractivity contribution in [2.75, 3.05) is 6.61 Å². The number of nitrogens with zero attached hydrogens (tertiary/aromatic N) is 2. The molecule has 0 spiro atoms. The molecule has 1 aromatic heterocycles. The van der Waals surface area contributed by atoms with Crippen molar-refractivity contribution in [1.82, 2.24) is 9.78 Å². The molecular formula is C9H17N3O2. The van der Waals surface area contributed by atoms with Crippen LogP contribution in [-0.4, -0.2) is 32.6 Å². The monoisotopic (exact) mass is 199 g/mol. The number of aryl methyl sites for hydroxylation is 1. The van der Waals surface area contributed by atoms with Gasteiger partial charge in [0.15, 0.2) is 0 Å². The zero-order valence-corrected chi connectivity index (χ0v) is 8.30. The zero-order valence-electron chi connectivity index (χ0n) is 8.30. The van der Waals surface area contributed by atoms with Crippen molar-refractivity contribution in [3.63, 3.8) is 0 Å². The summed E-state index contributed by atoms with van der Waals surface area (Å²) in [6.07, 6.45) is 3.48. The first kappa shape index (κ1) is 11.2. The average Bonchev–Trinajstić information content (AvgIpc) is 2.64. The van der Waals surface area contributed by atoms with Crippen molar-refractivity contribution in [3.8, 4) is 0 Å². The number of rotatable bonds is 5. The fraction of sp³-hybridized carbons (Fsp3) is 0.667. The molecule has 5 nitrogen and oxygen atoms in total. The van der Waals surface area contributed by atoms with E-state index in [-0.39, 0.29) is 6.61 Å². The molecular weight excluding hydrogens is 182 g/mol. The first-order chi connectivity index (χ1) is 6.69. The number of hydrogen-bond acceptors (Lipinski definition) is 4. The summed E-state index contributed by atoms with van der Waals surface area (Å²) in [6.45, 7) is 2.64. The lowest BCUT2D eigenvalue weighted by molar-refractivity contribution is 0.109. The molecule has 0 amide bonds. The van der Waals surface area contributed by atoms with Gasteiger partial charge in [0.1, 0.15) is 0 Å². The zero-order chi connectivity index (χ0) is 10.6. The van der Waals surface area contributed by atoms with Crippen molar-refractivity contribution in [1.29, 1.82) is 0 Å². The molecule has 0 aliphatic heterocycles. The lowest BCUT2D eigenvalue weighted by atomic mass is 10.1. The number of hydrogen-bond donors (Lipinski definition) is 3. The fourth-order valence-electron chi connectivity index (χ4n) is 1.23. The van der Waals surface area contributed by atoms with Crippen LogP contribution in [0.4, 0.5) is 0 Å². The minimum atomic E-state index is -0.842. The first-order valence-corrected chi connectivity index (χ1v) is 4.76. The Kier molecular flexibility index (Phi) is 4.06. The van der Waals surface area contributed by atoms with Crippen LogP contribution < -0.4 is 5.73 Å². The third-order valence-electron chi connectivity index (χ3n) is 2.06. The number of aliphatic hydroxyl groups excluding tert-OH is 2. The molecule has 0 bridgehead atoms. The highest BCUT2D eigenvalue weighted by Gasteiger charge is 2.17. The minimum Gasteiger partial charge on any atom is -0.395 e. The molecule has 2 atom stereocenters. The molecule has 1 rings (SSSR count). The van der Waals surface area contributed by atoms with Crippen LogP contribution in [-0.2, 0) is 6.54 Å². The summed E-state index contributed by atoms with van der Waals surface area (Å²) in [7, 11) is 0. The molecule has 1 aromatic rings. The van der Waals surface area contributed by atoms with Crippen LogP contribution in [0.3, 0.4) is 0 Å². The van der Waals surface area contributed by atoms with E-state index in [0.717, 1.165) is 13.0 Å². The molecule has 0 saturated heterocycles. The Hall–Kier alpha value is -0.910. The fourth-order valence-corrected chi connectivity index (χ4v) is 1.23. The average molecular weight is 199 g/mol. The highest BCUT2D eigenvalue weighted by atomic mass is 16.3. The Labute approximate surface area is 83.2 Å². The quantitative estimate of drug-likeness (QED) is 0.605. The van der Waals surface area contributed by atoms with E-state index in [4.69, 9.17) is 10.8 Å². The predicted octanol–water partition coefficient (Wildman–Crippen LogP) is -0.354. The van der Waals surface area contributed by atoms with Gasteiger partial charge in [0.05, 0.1) is 24.9 Å². The SMILES string of the molecule is CCCn1cc(C(O)C(N)CO)cn1. The van der Waals surface area contributed by atoms with Crippen LogP contribution in [0, 0.1) is 0 Å². The Morgan fingerprint density at radius 1 is 1.64 bits per heavy atom. The Morgan fingerprint density at radius 3 is 2.93 bits per heavy atom. The van der Waals surface area contributed by atoms with Crippen molar-refractivity contribution in [2.45, 2.75) is 32.0 Å². The van der Waals surface area contributed by atoms with Gasteiger partial charge in [-0.15, -0.1) is 0 Å². The third kappa shape index (κ3) is 2.54. The van der Waals surface area contributed by atoms with Crippen LogP contribution >= 0.6 is 0 Å². The van der Waals surface area contributed by atoms with Gasteiger partial charge in [0, 0.05) is 18.3 Å². The highest BCUT2D eigenvalue weighted by Crippen LogP contribution is 2.14. The molecule has 1 heterocycles. The summed E-state index contributed by atoms with van der Waals surface area (Å²) in [5, 5.41) is 22.5. The van der Waals surface area contributed by atoms with Gasteiger partial charge >= 0.3 is 0 Å². The Bertz CT molecular complexity index is 275. The molecule has 5 heteroatoms. The second kappa shape index (κ2) is 5.09. The van der Waals surface area contributed by atoms with Crippen molar-refractivity contribution in [3.05, 3.63) is 18.0 Å². The Balaban J connectivity index is 2.65. The lowest BCUT2D eigenvalue weighted by Crippen LogP contribution is -2.31. The lowest BCUT2D eigenvalue weighted by Gasteiger charge is -2.14. The molecule has 0 aromatic carbocycles. The van der Waals surface area contributed by atoms with E-state index in [2.05, 4.69) is 12.0 Å². The van der Waals surface area contributed by atoms with Gasteiger partial charge in [-0.05, 0) is 6.42 Å². The van der Waals surface area contributed by atoms with E-state index < -0.39 is 12.1 Å². The summed E-state index contributed by atoms with van der Waals surface area (Å²) in [4.78, 5) is 0. The van der Waals surface area contributed by atoms with Crippen molar-refractivity contribution in [2.24, 2.45) is 5.73 Å². The van der Waals surface area contributed by atoms with Crippen LogP contribution in [0.2, 0.25) is 0 Å². The van der Waals surface area contributed by atoms with E-state index >= 15 is 0 Å². The maximum absolute atomic E-state index is 9.63. The van der Waals surface area contributed by atoms with E-state index in [0.29, 0.717) is 5.56 Å².